The van der Waals surface area contributed by atoms with Crippen LogP contribution in [0.5, 0.6) is 0 Å². The van der Waals surface area contributed by atoms with Gasteiger partial charge in [-0.25, -0.2) is 9.97 Å². The molecule has 0 atom stereocenters. The Labute approximate surface area is 206 Å². The maximum Gasteiger partial charge on any atom is 0.172 e. The van der Waals surface area contributed by atoms with E-state index in [9.17, 15) is 0 Å². The van der Waals surface area contributed by atoms with Crippen molar-refractivity contribution in [2.24, 2.45) is 43.3 Å². The van der Waals surface area contributed by atoms with Gasteiger partial charge in [0.15, 0.2) is 23.3 Å². The van der Waals surface area contributed by atoms with E-state index in [0.29, 0.717) is 34.2 Å². The van der Waals surface area contributed by atoms with E-state index in [2.05, 4.69) is 40.3 Å². The van der Waals surface area contributed by atoms with Gasteiger partial charge in [0.1, 0.15) is 22.8 Å². The first-order valence-corrected chi connectivity index (χ1v) is 10.6. The zero-order valence-corrected chi connectivity index (χ0v) is 19.0. The van der Waals surface area contributed by atoms with E-state index in [0.717, 1.165) is 0 Å². The molecule has 0 bridgehead atoms. The highest BCUT2D eigenvalue weighted by Crippen LogP contribution is 2.15. The molecule has 12 nitrogen and oxygen atoms in total. The van der Waals surface area contributed by atoms with Gasteiger partial charge in [0, 0.05) is 12.4 Å². The lowest BCUT2D eigenvalue weighted by molar-refractivity contribution is 1.15. The Kier molecular flexibility index (Phi) is 7.27. The van der Waals surface area contributed by atoms with E-state index in [-0.39, 0.29) is 23.3 Å². The van der Waals surface area contributed by atoms with Gasteiger partial charge in [0.25, 0.3) is 0 Å². The number of pyridine rings is 4. The topological polar surface area (TPSA) is 205 Å². The Morgan fingerprint density at radius 1 is 0.444 bits per heavy atom. The lowest BCUT2D eigenvalue weighted by Gasteiger charge is -2.05. The van der Waals surface area contributed by atoms with Gasteiger partial charge in [-0.1, -0.05) is 24.3 Å². The smallest absolute Gasteiger partial charge is 0.172 e. The quantitative estimate of drug-likeness (QED) is 0.171. The Balaban J connectivity index is 1.56. The zero-order chi connectivity index (χ0) is 25.3. The fraction of sp³-hybridized carbons (Fsp3) is 0. The highest BCUT2D eigenvalue weighted by atomic mass is 15.3. The van der Waals surface area contributed by atoms with E-state index >= 15 is 0 Å². The molecule has 178 valence electrons. The van der Waals surface area contributed by atoms with Crippen molar-refractivity contribution in [3.8, 4) is 11.4 Å². The van der Waals surface area contributed by atoms with E-state index < -0.39 is 0 Å². The third kappa shape index (κ3) is 5.88. The molecule has 4 heterocycles. The van der Waals surface area contributed by atoms with Gasteiger partial charge in [-0.3, -0.25) is 9.97 Å². The molecule has 0 saturated heterocycles. The predicted octanol–water partition coefficient (Wildman–Crippen LogP) is 0.985. The minimum atomic E-state index is 0.0762. The molecular formula is C24H22N12. The van der Waals surface area contributed by atoms with Crippen molar-refractivity contribution in [1.29, 1.82) is 0 Å². The molecule has 4 aromatic rings. The monoisotopic (exact) mass is 478 g/mol. The molecule has 12 heteroatoms. The molecule has 0 spiro atoms. The largest absolute Gasteiger partial charge is 0.380 e. The molecule has 8 N–H and O–H groups in total. The highest BCUT2D eigenvalue weighted by Gasteiger charge is 2.09. The lowest BCUT2D eigenvalue weighted by Crippen LogP contribution is -2.18. The van der Waals surface area contributed by atoms with Gasteiger partial charge in [0.2, 0.25) is 0 Å². The Morgan fingerprint density at radius 3 is 1.17 bits per heavy atom. The molecule has 0 aliphatic rings. The number of hydrogen-bond donors (Lipinski definition) is 4. The molecule has 0 unspecified atom stereocenters. The van der Waals surface area contributed by atoms with Crippen LogP contribution in [0.25, 0.3) is 11.4 Å². The Morgan fingerprint density at radius 2 is 0.806 bits per heavy atom. The summed E-state index contributed by atoms with van der Waals surface area (Å²) in [6.45, 7) is 0. The molecule has 0 aliphatic heterocycles. The first-order valence-electron chi connectivity index (χ1n) is 10.6. The van der Waals surface area contributed by atoms with E-state index in [1.54, 1.807) is 85.2 Å². The van der Waals surface area contributed by atoms with Crippen LogP contribution >= 0.6 is 0 Å². The summed E-state index contributed by atoms with van der Waals surface area (Å²) in [5, 5.41) is 15.9. The van der Waals surface area contributed by atoms with Crippen molar-refractivity contribution >= 4 is 23.3 Å². The average molecular weight is 479 g/mol. The summed E-state index contributed by atoms with van der Waals surface area (Å²) in [6.07, 6.45) is 3.21. The van der Waals surface area contributed by atoms with E-state index in [1.165, 1.54) is 0 Å². The van der Waals surface area contributed by atoms with Crippen LogP contribution in [0, 0.1) is 0 Å². The third-order valence-corrected chi connectivity index (χ3v) is 4.67. The van der Waals surface area contributed by atoms with E-state index in [4.69, 9.17) is 22.9 Å². The Hall–Kier alpha value is -5.52. The van der Waals surface area contributed by atoms with Gasteiger partial charge >= 0.3 is 0 Å². The fourth-order valence-corrected chi connectivity index (χ4v) is 2.89. The number of nitrogens with two attached hydrogens (primary N) is 4. The van der Waals surface area contributed by atoms with Crippen molar-refractivity contribution < 1.29 is 0 Å². The molecule has 0 fully saturated rings. The zero-order valence-electron chi connectivity index (χ0n) is 19.0. The van der Waals surface area contributed by atoms with Crippen LogP contribution in [0.15, 0.2) is 106 Å². The summed E-state index contributed by atoms with van der Waals surface area (Å²) in [6, 6.07) is 21.1. The third-order valence-electron chi connectivity index (χ3n) is 4.67. The summed E-state index contributed by atoms with van der Waals surface area (Å²) in [7, 11) is 0. The normalized spacial score (nSPS) is 13.0. The average Bonchev–Trinajstić information content (AvgIpc) is 2.95. The van der Waals surface area contributed by atoms with Gasteiger partial charge in [0.05, 0.1) is 11.4 Å². The number of hydrogen-bond acceptors (Lipinski definition) is 8. The molecule has 0 saturated carbocycles. The summed E-state index contributed by atoms with van der Waals surface area (Å²) >= 11 is 0. The molecule has 4 aromatic heterocycles. The fourth-order valence-electron chi connectivity index (χ4n) is 2.89. The van der Waals surface area contributed by atoms with Crippen LogP contribution in [-0.2, 0) is 0 Å². The van der Waals surface area contributed by atoms with Crippen LogP contribution < -0.4 is 22.9 Å². The summed E-state index contributed by atoms with van der Waals surface area (Å²) < 4.78 is 0. The van der Waals surface area contributed by atoms with Gasteiger partial charge in [-0.2, -0.15) is 0 Å². The predicted molar refractivity (Wildman–Crippen MR) is 139 cm³/mol. The van der Waals surface area contributed by atoms with Crippen molar-refractivity contribution in [3.63, 3.8) is 0 Å². The van der Waals surface area contributed by atoms with Crippen molar-refractivity contribution in [2.45, 2.75) is 0 Å². The van der Waals surface area contributed by atoms with Crippen LogP contribution in [0.2, 0.25) is 0 Å². The van der Waals surface area contributed by atoms with Crippen LogP contribution in [-0.4, -0.2) is 43.3 Å². The molecule has 36 heavy (non-hydrogen) atoms. The summed E-state index contributed by atoms with van der Waals surface area (Å²) in [5.41, 5.74) is 26.8. The van der Waals surface area contributed by atoms with Crippen LogP contribution in [0.3, 0.4) is 0 Å². The first-order chi connectivity index (χ1) is 17.5. The highest BCUT2D eigenvalue weighted by molar-refractivity contribution is 6.00. The standard InChI is InChI=1S/C24H22N12/c25-21(17-7-1-3-13-29-17)33-35-23(27)19-11-5-9-15(31-19)16-10-6-12-20(32-16)24(28)36-34-22(26)18-8-2-4-14-30-18/h1-14H,(H2,25,33)(H2,26,34)(H2,27,35)(H2,28,36). The van der Waals surface area contributed by atoms with E-state index in [1.807, 2.05) is 0 Å². The Bertz CT molecular complexity index is 1350. The number of rotatable bonds is 7. The maximum absolute atomic E-state index is 6.08. The molecule has 4 rings (SSSR count). The van der Waals surface area contributed by atoms with Gasteiger partial charge in [-0.05, 0) is 48.5 Å². The molecule has 0 amide bonds. The van der Waals surface area contributed by atoms with Crippen LogP contribution in [0.1, 0.15) is 22.8 Å². The molecule has 0 aromatic carbocycles. The second-order valence-corrected chi connectivity index (χ2v) is 7.19. The molecule has 0 radical (unpaired) electrons. The first kappa shape index (κ1) is 23.6. The van der Waals surface area contributed by atoms with Crippen LogP contribution in [0.4, 0.5) is 0 Å². The van der Waals surface area contributed by atoms with Gasteiger partial charge in [-0.15, -0.1) is 20.4 Å². The second-order valence-electron chi connectivity index (χ2n) is 7.19. The number of aromatic nitrogens is 4. The van der Waals surface area contributed by atoms with Crippen molar-refractivity contribution in [3.05, 3.63) is 108 Å². The number of amidine groups is 4. The minimum absolute atomic E-state index is 0.0762. The second kappa shape index (κ2) is 11.1. The SMILES string of the molecule is N/C(=N\N=C(/N)c1cccc(-c2cccc(/C(N)=N/N=C(\N)c3ccccn3)n2)n1)c1ccccn1. The number of nitrogens with zero attached hydrogens (tertiary/aromatic N) is 8. The van der Waals surface area contributed by atoms with Crippen molar-refractivity contribution in [1.82, 2.24) is 19.9 Å². The minimum Gasteiger partial charge on any atom is -0.380 e. The van der Waals surface area contributed by atoms with Gasteiger partial charge < -0.3 is 22.9 Å². The van der Waals surface area contributed by atoms with Crippen molar-refractivity contribution in [2.75, 3.05) is 0 Å². The summed E-state index contributed by atoms with van der Waals surface area (Å²) in [4.78, 5) is 17.3. The summed E-state index contributed by atoms with van der Waals surface area (Å²) in [5.74, 6) is 0.412. The molecular weight excluding hydrogens is 456 g/mol. The maximum atomic E-state index is 6.08. The molecule has 0 aliphatic carbocycles. The lowest BCUT2D eigenvalue weighted by atomic mass is 10.2.